The maximum absolute atomic E-state index is 2.40. The summed E-state index contributed by atoms with van der Waals surface area (Å²) in [6.07, 6.45) is 0. The smallest absolute Gasteiger partial charge is 0.0546 e. The maximum Gasteiger partial charge on any atom is 0.0546 e. The molecule has 8 aromatic carbocycles. The molecule has 0 spiro atoms. The molecule has 8 aromatic rings. The largest absolute Gasteiger partial charge is 0.310 e. The number of rotatable bonds is 6. The van der Waals surface area contributed by atoms with Gasteiger partial charge in [0.1, 0.15) is 0 Å². The molecule has 0 aromatic heterocycles. The van der Waals surface area contributed by atoms with Gasteiger partial charge in [0.25, 0.3) is 0 Å². The van der Waals surface area contributed by atoms with E-state index in [1.165, 1.54) is 54.9 Å². The molecule has 8 rings (SSSR count). The number of para-hydroxylation sites is 1. The molecule has 0 aliphatic carbocycles. The van der Waals surface area contributed by atoms with E-state index < -0.39 is 0 Å². The Labute approximate surface area is 264 Å². The lowest BCUT2D eigenvalue weighted by molar-refractivity contribution is 1.30. The number of benzene rings is 8. The first-order valence-corrected chi connectivity index (χ1v) is 15.4. The van der Waals surface area contributed by atoms with Gasteiger partial charge in [0.05, 0.1) is 5.69 Å². The van der Waals surface area contributed by atoms with Crippen LogP contribution in [0.3, 0.4) is 0 Å². The molecule has 0 saturated heterocycles. The van der Waals surface area contributed by atoms with Crippen molar-refractivity contribution in [2.24, 2.45) is 0 Å². The van der Waals surface area contributed by atoms with Crippen LogP contribution in [0.4, 0.5) is 17.1 Å². The standard InChI is InChI=1S/C44H31N/c1-4-15-32(16-5-1)36-27-37(33-17-6-2-7-18-33)29-38(28-36)34-20-14-23-40(30-34)45(39-21-8-3-9-22-39)44-31-35-19-10-11-24-41(35)42-25-12-13-26-43(42)44/h1-31H. The predicted octanol–water partition coefficient (Wildman–Crippen LogP) is 12.5. The summed E-state index contributed by atoms with van der Waals surface area (Å²) >= 11 is 0. The van der Waals surface area contributed by atoms with Gasteiger partial charge in [-0.1, -0.05) is 140 Å². The average Bonchev–Trinajstić information content (AvgIpc) is 3.13. The van der Waals surface area contributed by atoms with Crippen molar-refractivity contribution in [2.75, 3.05) is 4.90 Å². The highest BCUT2D eigenvalue weighted by atomic mass is 15.1. The van der Waals surface area contributed by atoms with E-state index in [1.807, 2.05) is 0 Å². The minimum absolute atomic E-state index is 1.12. The lowest BCUT2D eigenvalue weighted by Crippen LogP contribution is -2.10. The fourth-order valence-corrected chi connectivity index (χ4v) is 6.44. The Kier molecular flexibility index (Phi) is 6.90. The normalized spacial score (nSPS) is 11.1. The fraction of sp³-hybridized carbons (Fsp3) is 0. The van der Waals surface area contributed by atoms with Crippen LogP contribution in [0, 0.1) is 0 Å². The molecule has 0 N–H and O–H groups in total. The third kappa shape index (κ3) is 5.15. The van der Waals surface area contributed by atoms with Crippen LogP contribution in [0.15, 0.2) is 188 Å². The van der Waals surface area contributed by atoms with Crippen molar-refractivity contribution in [3.05, 3.63) is 188 Å². The second-order valence-electron chi connectivity index (χ2n) is 11.4. The lowest BCUT2D eigenvalue weighted by atomic mass is 9.93. The highest BCUT2D eigenvalue weighted by Gasteiger charge is 2.18. The molecule has 0 fully saturated rings. The summed E-state index contributed by atoms with van der Waals surface area (Å²) in [6.45, 7) is 0. The number of anilines is 3. The fourth-order valence-electron chi connectivity index (χ4n) is 6.44. The van der Waals surface area contributed by atoms with Crippen LogP contribution in [0.2, 0.25) is 0 Å². The van der Waals surface area contributed by atoms with Crippen molar-refractivity contribution < 1.29 is 0 Å². The van der Waals surface area contributed by atoms with E-state index in [0.29, 0.717) is 0 Å². The zero-order valence-corrected chi connectivity index (χ0v) is 24.8. The van der Waals surface area contributed by atoms with Crippen LogP contribution in [-0.4, -0.2) is 0 Å². The first-order chi connectivity index (χ1) is 22.3. The molecule has 212 valence electrons. The maximum atomic E-state index is 2.40. The monoisotopic (exact) mass is 573 g/mol. The summed E-state index contributed by atoms with van der Waals surface area (Å²) < 4.78 is 0. The Morgan fingerprint density at radius 1 is 0.267 bits per heavy atom. The van der Waals surface area contributed by atoms with Crippen LogP contribution in [0.25, 0.3) is 54.9 Å². The van der Waals surface area contributed by atoms with Gasteiger partial charge in [-0.05, 0) is 98.1 Å². The van der Waals surface area contributed by atoms with E-state index in [-0.39, 0.29) is 0 Å². The molecular formula is C44H31N. The SMILES string of the molecule is c1ccc(-c2cc(-c3ccccc3)cc(-c3cccc(N(c4ccccc4)c4cc5ccccc5c5ccccc45)c3)c2)cc1. The van der Waals surface area contributed by atoms with Gasteiger partial charge in [-0.2, -0.15) is 0 Å². The van der Waals surface area contributed by atoms with Gasteiger partial charge in [-0.15, -0.1) is 0 Å². The van der Waals surface area contributed by atoms with Gasteiger partial charge < -0.3 is 4.90 Å². The summed E-state index contributed by atoms with van der Waals surface area (Å²) in [5, 5.41) is 4.98. The Bertz CT molecular complexity index is 2200. The Morgan fingerprint density at radius 2 is 0.733 bits per heavy atom. The molecule has 0 aliphatic rings. The van der Waals surface area contributed by atoms with E-state index in [4.69, 9.17) is 0 Å². The van der Waals surface area contributed by atoms with E-state index in [0.717, 1.165) is 17.1 Å². The van der Waals surface area contributed by atoms with Crippen LogP contribution >= 0.6 is 0 Å². The average molecular weight is 574 g/mol. The van der Waals surface area contributed by atoms with Crippen LogP contribution in [-0.2, 0) is 0 Å². The molecule has 1 heteroatoms. The highest BCUT2D eigenvalue weighted by molar-refractivity contribution is 6.14. The molecule has 0 amide bonds. The van der Waals surface area contributed by atoms with Gasteiger partial charge in [-0.3, -0.25) is 0 Å². The van der Waals surface area contributed by atoms with E-state index in [1.54, 1.807) is 0 Å². The number of hydrogen-bond donors (Lipinski definition) is 0. The van der Waals surface area contributed by atoms with Crippen molar-refractivity contribution in [3.8, 4) is 33.4 Å². The second kappa shape index (κ2) is 11.6. The van der Waals surface area contributed by atoms with Gasteiger partial charge in [0, 0.05) is 16.8 Å². The van der Waals surface area contributed by atoms with Crippen molar-refractivity contribution in [3.63, 3.8) is 0 Å². The summed E-state index contributed by atoms with van der Waals surface area (Å²) in [7, 11) is 0. The van der Waals surface area contributed by atoms with Gasteiger partial charge >= 0.3 is 0 Å². The molecule has 0 unspecified atom stereocenters. The molecule has 0 radical (unpaired) electrons. The minimum Gasteiger partial charge on any atom is -0.310 e. The van der Waals surface area contributed by atoms with Crippen molar-refractivity contribution in [1.29, 1.82) is 0 Å². The molecule has 0 aliphatic heterocycles. The first-order valence-electron chi connectivity index (χ1n) is 15.4. The van der Waals surface area contributed by atoms with Gasteiger partial charge in [0.2, 0.25) is 0 Å². The summed E-state index contributed by atoms with van der Waals surface area (Å²) in [4.78, 5) is 2.40. The molecule has 0 saturated carbocycles. The van der Waals surface area contributed by atoms with Gasteiger partial charge in [-0.25, -0.2) is 0 Å². The second-order valence-corrected chi connectivity index (χ2v) is 11.4. The molecule has 0 bridgehead atoms. The molecule has 0 heterocycles. The molecular weight excluding hydrogens is 542 g/mol. The predicted molar refractivity (Wildman–Crippen MR) is 192 cm³/mol. The van der Waals surface area contributed by atoms with E-state index >= 15 is 0 Å². The van der Waals surface area contributed by atoms with Crippen molar-refractivity contribution >= 4 is 38.6 Å². The zero-order valence-electron chi connectivity index (χ0n) is 24.8. The first kappa shape index (κ1) is 26.7. The third-order valence-electron chi connectivity index (χ3n) is 8.59. The number of fused-ring (bicyclic) bond motifs is 3. The minimum atomic E-state index is 1.12. The molecule has 45 heavy (non-hydrogen) atoms. The summed E-state index contributed by atoms with van der Waals surface area (Å²) in [6, 6.07) is 67.7. The van der Waals surface area contributed by atoms with Crippen LogP contribution in [0.1, 0.15) is 0 Å². The Morgan fingerprint density at radius 3 is 1.38 bits per heavy atom. The number of hydrogen-bond acceptors (Lipinski definition) is 1. The van der Waals surface area contributed by atoms with Crippen molar-refractivity contribution in [1.82, 2.24) is 0 Å². The summed E-state index contributed by atoms with van der Waals surface area (Å²) in [5.41, 5.74) is 10.6. The van der Waals surface area contributed by atoms with E-state index in [2.05, 4.69) is 193 Å². The highest BCUT2D eigenvalue weighted by Crippen LogP contribution is 2.43. The van der Waals surface area contributed by atoms with Crippen LogP contribution < -0.4 is 4.90 Å². The van der Waals surface area contributed by atoms with Crippen molar-refractivity contribution in [2.45, 2.75) is 0 Å². The van der Waals surface area contributed by atoms with Gasteiger partial charge in [0.15, 0.2) is 0 Å². The Balaban J connectivity index is 1.34. The quantitative estimate of drug-likeness (QED) is 0.179. The molecule has 1 nitrogen and oxygen atoms in total. The zero-order chi connectivity index (χ0) is 30.0. The lowest BCUT2D eigenvalue weighted by Gasteiger charge is -2.28. The third-order valence-corrected chi connectivity index (χ3v) is 8.59. The summed E-state index contributed by atoms with van der Waals surface area (Å²) in [5.74, 6) is 0. The molecule has 0 atom stereocenters. The Hall–Kier alpha value is -5.92. The topological polar surface area (TPSA) is 3.24 Å². The number of nitrogens with zero attached hydrogens (tertiary/aromatic N) is 1. The van der Waals surface area contributed by atoms with E-state index in [9.17, 15) is 0 Å². The van der Waals surface area contributed by atoms with Crippen LogP contribution in [0.5, 0.6) is 0 Å².